The minimum absolute atomic E-state index is 0.0311. The van der Waals surface area contributed by atoms with E-state index in [2.05, 4.69) is 0 Å². The second kappa shape index (κ2) is 8.00. The minimum atomic E-state index is -0.778. The van der Waals surface area contributed by atoms with Gasteiger partial charge in [0.2, 0.25) is 0 Å². The van der Waals surface area contributed by atoms with Crippen molar-refractivity contribution in [3.8, 4) is 0 Å². The van der Waals surface area contributed by atoms with Gasteiger partial charge in [0.15, 0.2) is 0 Å². The zero-order chi connectivity index (χ0) is 18.6. The van der Waals surface area contributed by atoms with Crippen molar-refractivity contribution in [3.05, 3.63) is 40.1 Å². The van der Waals surface area contributed by atoms with Crippen molar-refractivity contribution < 1.29 is 33.3 Å². The summed E-state index contributed by atoms with van der Waals surface area (Å²) in [5.74, 6) is -2.16. The van der Waals surface area contributed by atoms with Crippen molar-refractivity contribution in [1.29, 1.82) is 0 Å². The molecule has 0 unspecified atom stereocenters. The molecule has 0 saturated carbocycles. The Bertz CT molecular complexity index is 744. The smallest absolute Gasteiger partial charge is 0.355 e. The van der Waals surface area contributed by atoms with Crippen molar-refractivity contribution in [3.63, 3.8) is 0 Å². The number of esters is 3. The van der Waals surface area contributed by atoms with E-state index in [0.29, 0.717) is 5.02 Å². The van der Waals surface area contributed by atoms with Crippen LogP contribution < -0.4 is 4.90 Å². The summed E-state index contributed by atoms with van der Waals surface area (Å²) >= 11 is 6.03. The van der Waals surface area contributed by atoms with E-state index in [-0.39, 0.29) is 35.9 Å². The van der Waals surface area contributed by atoms with Gasteiger partial charge in [0.05, 0.1) is 44.8 Å². The van der Waals surface area contributed by atoms with Gasteiger partial charge in [0.1, 0.15) is 12.4 Å². The highest BCUT2D eigenvalue weighted by Crippen LogP contribution is 2.32. The predicted octanol–water partition coefficient (Wildman–Crippen LogP) is 1.52. The average molecular weight is 370 g/mol. The Hall–Kier alpha value is -2.58. The SMILES string of the molecule is COC(=O)C1=C(C(=O)OC)N(c2cc(Cl)ccc2C(=O)OC)COC1. The van der Waals surface area contributed by atoms with E-state index >= 15 is 0 Å². The van der Waals surface area contributed by atoms with Crippen LogP contribution in [0, 0.1) is 0 Å². The number of carbonyl (C=O) groups excluding carboxylic acids is 3. The van der Waals surface area contributed by atoms with Gasteiger partial charge in [-0.1, -0.05) is 11.6 Å². The molecule has 8 nitrogen and oxygen atoms in total. The first-order valence-corrected chi connectivity index (χ1v) is 7.45. The molecular weight excluding hydrogens is 354 g/mol. The highest BCUT2D eigenvalue weighted by atomic mass is 35.5. The fraction of sp³-hybridized carbons (Fsp3) is 0.312. The third-order valence-electron chi connectivity index (χ3n) is 3.49. The first-order chi connectivity index (χ1) is 11.9. The Morgan fingerprint density at radius 3 is 2.28 bits per heavy atom. The summed E-state index contributed by atoms with van der Waals surface area (Å²) in [4.78, 5) is 37.7. The summed E-state index contributed by atoms with van der Waals surface area (Å²) in [6.07, 6.45) is 0. The van der Waals surface area contributed by atoms with Gasteiger partial charge in [-0.25, -0.2) is 14.4 Å². The maximum atomic E-state index is 12.3. The summed E-state index contributed by atoms with van der Waals surface area (Å²) in [5.41, 5.74) is 0.258. The van der Waals surface area contributed by atoms with Crippen molar-refractivity contribution in [2.75, 3.05) is 39.6 Å². The molecule has 1 aromatic carbocycles. The van der Waals surface area contributed by atoms with Crippen molar-refractivity contribution in [1.82, 2.24) is 0 Å². The van der Waals surface area contributed by atoms with Crippen LogP contribution in [0.3, 0.4) is 0 Å². The van der Waals surface area contributed by atoms with Gasteiger partial charge in [-0.05, 0) is 18.2 Å². The third-order valence-corrected chi connectivity index (χ3v) is 3.72. The van der Waals surface area contributed by atoms with Gasteiger partial charge in [-0.15, -0.1) is 0 Å². The topological polar surface area (TPSA) is 91.4 Å². The number of benzene rings is 1. The summed E-state index contributed by atoms with van der Waals surface area (Å²) < 4.78 is 19.6. The molecule has 2 rings (SSSR count). The number of halogens is 1. The maximum Gasteiger partial charge on any atom is 0.355 e. The first-order valence-electron chi connectivity index (χ1n) is 7.07. The van der Waals surface area contributed by atoms with E-state index in [4.69, 9.17) is 30.5 Å². The largest absolute Gasteiger partial charge is 0.466 e. The molecule has 9 heteroatoms. The van der Waals surface area contributed by atoms with E-state index in [1.165, 1.54) is 44.4 Å². The number of hydrogen-bond donors (Lipinski definition) is 0. The van der Waals surface area contributed by atoms with Crippen LogP contribution in [0.1, 0.15) is 10.4 Å². The van der Waals surface area contributed by atoms with Crippen LogP contribution in [0.5, 0.6) is 0 Å². The lowest BCUT2D eigenvalue weighted by Gasteiger charge is -2.32. The summed E-state index contributed by atoms with van der Waals surface area (Å²) in [5, 5.41) is 0.317. The Balaban J connectivity index is 2.67. The average Bonchev–Trinajstić information content (AvgIpc) is 2.65. The maximum absolute atomic E-state index is 12.3. The lowest BCUT2D eigenvalue weighted by molar-refractivity contribution is -0.140. The Labute approximate surface area is 148 Å². The van der Waals surface area contributed by atoms with Crippen molar-refractivity contribution >= 4 is 35.2 Å². The second-order valence-electron chi connectivity index (χ2n) is 4.87. The van der Waals surface area contributed by atoms with Crippen LogP contribution in [-0.2, 0) is 28.5 Å². The molecule has 1 aliphatic heterocycles. The van der Waals surface area contributed by atoms with Crippen molar-refractivity contribution in [2.24, 2.45) is 0 Å². The molecule has 1 heterocycles. The summed E-state index contributed by atoms with van der Waals surface area (Å²) in [6.45, 7) is -0.239. The molecule has 0 amide bonds. The van der Waals surface area contributed by atoms with E-state index in [0.717, 1.165) is 0 Å². The van der Waals surface area contributed by atoms with Gasteiger partial charge < -0.3 is 23.8 Å². The van der Waals surface area contributed by atoms with E-state index in [9.17, 15) is 14.4 Å². The fourth-order valence-electron chi connectivity index (χ4n) is 2.34. The normalized spacial score (nSPS) is 14.2. The Kier molecular flexibility index (Phi) is 6.00. The van der Waals surface area contributed by atoms with Crippen molar-refractivity contribution in [2.45, 2.75) is 0 Å². The molecular formula is C16H16ClNO7. The number of ether oxygens (including phenoxy) is 4. The van der Waals surface area contributed by atoms with Gasteiger partial charge >= 0.3 is 17.9 Å². The molecule has 0 aromatic heterocycles. The molecule has 0 saturated heterocycles. The predicted molar refractivity (Wildman–Crippen MR) is 87.1 cm³/mol. The molecule has 1 aliphatic rings. The monoisotopic (exact) mass is 369 g/mol. The summed E-state index contributed by atoms with van der Waals surface area (Å²) in [7, 11) is 3.59. The van der Waals surface area contributed by atoms with E-state index in [1.807, 2.05) is 0 Å². The third kappa shape index (κ3) is 3.75. The molecule has 0 radical (unpaired) electrons. The number of rotatable bonds is 4. The number of nitrogens with zero attached hydrogens (tertiary/aromatic N) is 1. The van der Waals surface area contributed by atoms with Crippen LogP contribution in [-0.4, -0.2) is 52.6 Å². The van der Waals surface area contributed by atoms with Gasteiger partial charge in [0.25, 0.3) is 0 Å². The molecule has 0 fully saturated rings. The molecule has 134 valence electrons. The lowest BCUT2D eigenvalue weighted by atomic mass is 10.1. The highest BCUT2D eigenvalue weighted by molar-refractivity contribution is 6.31. The molecule has 0 N–H and O–H groups in total. The fourth-order valence-corrected chi connectivity index (χ4v) is 2.51. The minimum Gasteiger partial charge on any atom is -0.466 e. The van der Waals surface area contributed by atoms with Crippen LogP contribution in [0.2, 0.25) is 5.02 Å². The Morgan fingerprint density at radius 1 is 1.04 bits per heavy atom. The van der Waals surface area contributed by atoms with Gasteiger partial charge in [0, 0.05) is 5.02 Å². The van der Waals surface area contributed by atoms with Crippen LogP contribution >= 0.6 is 11.6 Å². The van der Waals surface area contributed by atoms with E-state index in [1.54, 1.807) is 0 Å². The molecule has 0 atom stereocenters. The van der Waals surface area contributed by atoms with Gasteiger partial charge in [-0.2, -0.15) is 0 Å². The van der Waals surface area contributed by atoms with E-state index < -0.39 is 17.9 Å². The number of methoxy groups -OCH3 is 3. The number of hydrogen-bond acceptors (Lipinski definition) is 8. The molecule has 0 spiro atoms. The lowest BCUT2D eigenvalue weighted by Crippen LogP contribution is -2.39. The second-order valence-corrected chi connectivity index (χ2v) is 5.31. The first kappa shape index (κ1) is 18.8. The van der Waals surface area contributed by atoms with Crippen LogP contribution in [0.15, 0.2) is 29.5 Å². The van der Waals surface area contributed by atoms with Crippen LogP contribution in [0.4, 0.5) is 5.69 Å². The number of anilines is 1. The van der Waals surface area contributed by atoms with Gasteiger partial charge in [-0.3, -0.25) is 0 Å². The molecule has 0 aliphatic carbocycles. The van der Waals surface area contributed by atoms with Crippen LogP contribution in [0.25, 0.3) is 0 Å². The molecule has 25 heavy (non-hydrogen) atoms. The quantitative estimate of drug-likeness (QED) is 0.582. The standard InChI is InChI=1S/C16H16ClNO7/c1-22-14(19)10-5-4-9(17)6-12(10)18-8-25-7-11(15(20)23-2)13(18)16(21)24-3/h4-6H,7-8H2,1-3H3. The zero-order valence-electron chi connectivity index (χ0n) is 13.8. The molecule has 1 aromatic rings. The number of carbonyl (C=O) groups is 3. The highest BCUT2D eigenvalue weighted by Gasteiger charge is 2.34. The Morgan fingerprint density at radius 2 is 1.68 bits per heavy atom. The zero-order valence-corrected chi connectivity index (χ0v) is 14.6. The molecule has 0 bridgehead atoms. The summed E-state index contributed by atoms with van der Waals surface area (Å²) in [6, 6.07) is 4.41.